The molecule has 87 heavy (non-hydrogen) atoms. The number of guanidine groups is 1. The molecule has 0 aliphatic heterocycles. The highest BCUT2D eigenvalue weighted by Crippen LogP contribution is 2.15. The van der Waals surface area contributed by atoms with E-state index < -0.39 is 163 Å². The largest absolute Gasteiger partial charge is 0.508 e. The zero-order valence-corrected chi connectivity index (χ0v) is 50.5. The Hall–Kier alpha value is -8.68. The number of phenols is 1. The summed E-state index contributed by atoms with van der Waals surface area (Å²) in [4.78, 5) is 176. The molecule has 0 spiro atoms. The lowest BCUT2D eigenvalue weighted by Crippen LogP contribution is -2.61. The molecule has 0 fully saturated rings. The van der Waals surface area contributed by atoms with Crippen LogP contribution in [0.5, 0.6) is 5.75 Å². The van der Waals surface area contributed by atoms with Gasteiger partial charge in [-0.2, -0.15) is 0 Å². The number of unbranched alkanes of at least 4 members (excludes halogenated alkanes) is 1. The standard InChI is InChI=1S/C55H92N16O16/c1-27(2)23-33(57)47(80)63-30(7)46(79)71-44(29(5)6)54(87)67-37(18-20-42(74)75)50(83)65-36(12-10-22-62-55(60)61)49(82)69-39(25-31-13-15-32(72)16-14-31)52(85)68-38(24-28(3)4)51(84)66-35(11-8-9-21-56)48(81)70-40(26-43(76)77)53(86)64-34(45(59)78)17-19-41(58)73/h13-16,27-30,33-40,44,72H,8-12,17-26,56-57H2,1-7H3,(H2,58,73)(H2,59,78)(H,63,80)(H,64,86)(H,65,83)(H,66,84)(H,67,87)(H,68,85)(H,69,82)(H,70,81)(H,71,79)(H,74,75)(H,76,77)(H4,60,61,62)/t30-,33-,34-,35-,36-,37-,38-,39-,40-,44-/m0/s1. The summed E-state index contributed by atoms with van der Waals surface area (Å²) in [6.07, 6.45) is -2.79. The summed E-state index contributed by atoms with van der Waals surface area (Å²) in [5.41, 5.74) is 33.7. The van der Waals surface area contributed by atoms with Crippen LogP contribution in [0.15, 0.2) is 29.3 Å². The van der Waals surface area contributed by atoms with Crippen LogP contribution < -0.4 is 82.3 Å². The second kappa shape index (κ2) is 39.1. The first-order chi connectivity index (χ1) is 40.6. The number of hydrogen-bond acceptors (Lipinski definition) is 17. The number of benzene rings is 1. The maximum atomic E-state index is 14.6. The lowest BCUT2D eigenvalue weighted by molar-refractivity contribution is -0.141. The van der Waals surface area contributed by atoms with Gasteiger partial charge >= 0.3 is 11.9 Å². The van der Waals surface area contributed by atoms with Gasteiger partial charge in [0.1, 0.15) is 60.1 Å². The van der Waals surface area contributed by atoms with E-state index in [1.165, 1.54) is 31.2 Å². The number of aromatic hydroxyl groups is 1. The summed E-state index contributed by atoms with van der Waals surface area (Å²) >= 11 is 0. The first-order valence-corrected chi connectivity index (χ1v) is 28.7. The molecular formula is C55H92N16O16. The SMILES string of the molecule is CC(C)C[C@H](NC(=O)[C@H](Cc1ccc(O)cc1)NC(=O)[C@H](CCCN=C(N)N)NC(=O)[C@H](CCC(=O)O)NC(=O)[C@@H](NC(=O)[C@H](C)NC(=O)[C@@H](N)CC(C)C)C(C)C)C(=O)N[C@@H](CCCCN)C(=O)N[C@@H](CC(=O)O)C(=O)N[C@@H](CCC(N)=O)C(N)=O. The number of nitrogens with two attached hydrogens (primary N) is 6. The summed E-state index contributed by atoms with van der Waals surface area (Å²) in [5.74, 6) is -14.7. The van der Waals surface area contributed by atoms with Crippen LogP contribution in [0.3, 0.4) is 0 Å². The van der Waals surface area contributed by atoms with E-state index in [0.717, 1.165) is 0 Å². The first kappa shape index (κ1) is 76.3. The summed E-state index contributed by atoms with van der Waals surface area (Å²) < 4.78 is 0. The van der Waals surface area contributed by atoms with E-state index in [1.807, 2.05) is 13.8 Å². The number of amides is 11. The van der Waals surface area contributed by atoms with Crippen LogP contribution in [0.25, 0.3) is 0 Å². The van der Waals surface area contributed by atoms with Crippen molar-refractivity contribution in [2.24, 2.45) is 57.1 Å². The van der Waals surface area contributed by atoms with Gasteiger partial charge in [-0.15, -0.1) is 0 Å². The van der Waals surface area contributed by atoms with E-state index in [2.05, 4.69) is 52.8 Å². The fourth-order valence-corrected chi connectivity index (χ4v) is 8.52. The van der Waals surface area contributed by atoms with Crippen molar-refractivity contribution in [1.82, 2.24) is 47.9 Å². The van der Waals surface area contributed by atoms with Crippen molar-refractivity contribution in [3.05, 3.63) is 29.8 Å². The molecule has 0 aliphatic carbocycles. The lowest BCUT2D eigenvalue weighted by atomic mass is 9.99. The summed E-state index contributed by atoms with van der Waals surface area (Å²) in [6.45, 7) is 11.8. The zero-order chi connectivity index (χ0) is 66.2. The molecule has 0 bridgehead atoms. The predicted molar refractivity (Wildman–Crippen MR) is 316 cm³/mol. The highest BCUT2D eigenvalue weighted by atomic mass is 16.4. The lowest BCUT2D eigenvalue weighted by Gasteiger charge is -2.29. The Kier molecular flexibility index (Phi) is 34.3. The fraction of sp³-hybridized carbons (Fsp3) is 0.636. The summed E-state index contributed by atoms with van der Waals surface area (Å²) in [5, 5.41) is 51.8. The maximum absolute atomic E-state index is 14.6. The second-order valence-electron chi connectivity index (χ2n) is 22.3. The van der Waals surface area contributed by atoms with Crippen molar-refractivity contribution in [3.63, 3.8) is 0 Å². The Labute approximate surface area is 505 Å². The van der Waals surface area contributed by atoms with Gasteiger partial charge in [0.15, 0.2) is 5.96 Å². The van der Waals surface area contributed by atoms with Gasteiger partial charge in [-0.05, 0) is 107 Å². The molecule has 10 atom stereocenters. The van der Waals surface area contributed by atoms with E-state index in [4.69, 9.17) is 34.4 Å². The molecule has 0 heterocycles. The molecule has 0 unspecified atom stereocenters. The topological polar surface area (TPSA) is 559 Å². The van der Waals surface area contributed by atoms with Gasteiger partial charge in [0.05, 0.1) is 12.5 Å². The number of carboxylic acid groups (broad SMARTS) is 2. The van der Waals surface area contributed by atoms with Crippen molar-refractivity contribution < 1.29 is 77.6 Å². The molecule has 0 radical (unpaired) electrons. The quantitative estimate of drug-likeness (QED) is 0.0167. The number of primary amides is 2. The van der Waals surface area contributed by atoms with Crippen molar-refractivity contribution in [2.75, 3.05) is 13.1 Å². The van der Waals surface area contributed by atoms with Gasteiger partial charge < -0.3 is 97.6 Å². The Morgan fingerprint density at radius 3 is 1.44 bits per heavy atom. The Morgan fingerprint density at radius 2 is 0.943 bits per heavy atom. The van der Waals surface area contributed by atoms with E-state index in [0.29, 0.717) is 18.4 Å². The Morgan fingerprint density at radius 1 is 0.483 bits per heavy atom. The van der Waals surface area contributed by atoms with Gasteiger partial charge in [-0.3, -0.25) is 67.3 Å². The number of hydrogen-bond donors (Lipinski definition) is 18. The molecule has 0 aromatic heterocycles. The number of carbonyl (C=O) groups is 13. The van der Waals surface area contributed by atoms with Crippen molar-refractivity contribution >= 4 is 82.9 Å². The van der Waals surface area contributed by atoms with E-state index in [9.17, 15) is 77.6 Å². The Balaban J connectivity index is 3.76. The normalized spacial score (nSPS) is 14.6. The molecule has 1 rings (SSSR count). The fourth-order valence-electron chi connectivity index (χ4n) is 8.52. The van der Waals surface area contributed by atoms with Crippen LogP contribution >= 0.6 is 0 Å². The van der Waals surface area contributed by atoms with E-state index in [-0.39, 0.29) is 88.0 Å². The Bertz CT molecular complexity index is 2550. The van der Waals surface area contributed by atoms with Gasteiger partial charge in [0.25, 0.3) is 0 Å². The first-order valence-electron chi connectivity index (χ1n) is 28.7. The van der Waals surface area contributed by atoms with Crippen molar-refractivity contribution in [1.29, 1.82) is 0 Å². The number of phenolic OH excluding ortho intramolecular Hbond substituents is 1. The van der Waals surface area contributed by atoms with Crippen molar-refractivity contribution in [2.45, 2.75) is 192 Å². The molecule has 1 aromatic rings. The summed E-state index contributed by atoms with van der Waals surface area (Å²) in [7, 11) is 0. The zero-order valence-electron chi connectivity index (χ0n) is 50.5. The average molecular weight is 1230 g/mol. The molecule has 488 valence electrons. The van der Waals surface area contributed by atoms with Crippen LogP contribution in [-0.4, -0.2) is 172 Å². The monoisotopic (exact) mass is 1230 g/mol. The number of rotatable bonds is 42. The van der Waals surface area contributed by atoms with Gasteiger partial charge in [0.2, 0.25) is 65.0 Å². The number of nitrogens with zero attached hydrogens (tertiary/aromatic N) is 1. The van der Waals surface area contributed by atoms with Gasteiger partial charge in [0, 0.05) is 25.8 Å². The third kappa shape index (κ3) is 30.8. The third-order valence-electron chi connectivity index (χ3n) is 13.2. The molecule has 0 saturated heterocycles. The predicted octanol–water partition coefficient (Wildman–Crippen LogP) is -4.33. The van der Waals surface area contributed by atoms with Crippen LogP contribution in [-0.2, 0) is 68.7 Å². The average Bonchev–Trinajstić information content (AvgIpc) is 2.70. The minimum absolute atomic E-state index is 0.0129. The molecule has 11 amide bonds. The molecule has 32 nitrogen and oxygen atoms in total. The highest BCUT2D eigenvalue weighted by Gasteiger charge is 2.37. The number of carbonyl (C=O) groups excluding carboxylic acids is 11. The molecule has 24 N–H and O–H groups in total. The van der Waals surface area contributed by atoms with E-state index >= 15 is 0 Å². The molecule has 1 aromatic carbocycles. The van der Waals surface area contributed by atoms with Crippen molar-refractivity contribution in [3.8, 4) is 5.75 Å². The molecular weight excluding hydrogens is 1140 g/mol. The molecule has 0 aliphatic rings. The van der Waals surface area contributed by atoms with E-state index in [1.54, 1.807) is 27.7 Å². The summed E-state index contributed by atoms with van der Waals surface area (Å²) in [6, 6.07) is -9.09. The highest BCUT2D eigenvalue weighted by molar-refractivity contribution is 5.99. The minimum atomic E-state index is -1.85. The van der Waals surface area contributed by atoms with Crippen LogP contribution in [0.1, 0.15) is 131 Å². The molecule has 0 saturated carbocycles. The minimum Gasteiger partial charge on any atom is -0.508 e. The van der Waals surface area contributed by atoms with Gasteiger partial charge in [-0.1, -0.05) is 53.7 Å². The van der Waals surface area contributed by atoms with Crippen LogP contribution in [0, 0.1) is 17.8 Å². The third-order valence-corrected chi connectivity index (χ3v) is 13.2. The number of nitrogens with one attached hydrogen (secondary N) is 9. The van der Waals surface area contributed by atoms with Crippen LogP contribution in [0.2, 0.25) is 0 Å². The number of carboxylic acids is 2. The van der Waals surface area contributed by atoms with Gasteiger partial charge in [-0.25, -0.2) is 0 Å². The molecule has 32 heteroatoms. The van der Waals surface area contributed by atoms with Crippen LogP contribution in [0.4, 0.5) is 0 Å². The maximum Gasteiger partial charge on any atom is 0.305 e. The second-order valence-corrected chi connectivity index (χ2v) is 22.3. The number of aliphatic imine (C=N–C) groups is 1. The smallest absolute Gasteiger partial charge is 0.305 e. The number of aliphatic carboxylic acids is 2.